The lowest BCUT2D eigenvalue weighted by Gasteiger charge is -2.11. The fourth-order valence-electron chi connectivity index (χ4n) is 2.80. The molecule has 23 heavy (non-hydrogen) atoms. The van der Waals surface area contributed by atoms with Gasteiger partial charge >= 0.3 is 5.97 Å². The molecule has 0 saturated carbocycles. The third-order valence-corrected chi connectivity index (χ3v) is 4.28. The number of rotatable bonds is 13. The molecule has 1 atom stereocenters. The summed E-state index contributed by atoms with van der Waals surface area (Å²) in [7, 11) is 0. The number of aliphatic carboxylic acids is 1. The van der Waals surface area contributed by atoms with Crippen LogP contribution < -0.4 is 0 Å². The second kappa shape index (κ2) is 11.9. The maximum absolute atomic E-state index is 12.1. The normalized spacial score (nSPS) is 12.0. The van der Waals surface area contributed by atoms with Gasteiger partial charge in [-0.1, -0.05) is 88.6 Å². The van der Waals surface area contributed by atoms with E-state index in [1.54, 1.807) is 12.1 Å². The molecular formula is C20H30O3. The first-order valence-corrected chi connectivity index (χ1v) is 8.96. The zero-order valence-electron chi connectivity index (χ0n) is 14.3. The fourth-order valence-corrected chi connectivity index (χ4v) is 2.80. The Balaban J connectivity index is 2.25. The molecule has 0 aliphatic rings. The molecule has 3 nitrogen and oxygen atoms in total. The average Bonchev–Trinajstić information content (AvgIpc) is 2.56. The molecule has 1 N–H and O–H groups in total. The summed E-state index contributed by atoms with van der Waals surface area (Å²) in [6.07, 6.45) is 10.2. The summed E-state index contributed by atoms with van der Waals surface area (Å²) < 4.78 is 0. The molecule has 0 heterocycles. The Hall–Kier alpha value is -1.64. The van der Waals surface area contributed by atoms with Crippen molar-refractivity contribution in [1.29, 1.82) is 0 Å². The van der Waals surface area contributed by atoms with Gasteiger partial charge < -0.3 is 5.11 Å². The summed E-state index contributed by atoms with van der Waals surface area (Å²) in [5.74, 6) is -1.47. The number of carbonyl (C=O) groups excluding carboxylic acids is 1. The van der Waals surface area contributed by atoms with Crippen molar-refractivity contribution in [1.82, 2.24) is 0 Å². The van der Waals surface area contributed by atoms with Gasteiger partial charge in [0.05, 0.1) is 5.92 Å². The zero-order valence-corrected chi connectivity index (χ0v) is 14.3. The van der Waals surface area contributed by atoms with Gasteiger partial charge in [-0.25, -0.2) is 0 Å². The molecule has 1 unspecified atom stereocenters. The van der Waals surface area contributed by atoms with Crippen LogP contribution in [0, 0.1) is 5.92 Å². The molecule has 3 heteroatoms. The van der Waals surface area contributed by atoms with E-state index >= 15 is 0 Å². The Bertz CT molecular complexity index is 453. The average molecular weight is 318 g/mol. The van der Waals surface area contributed by atoms with E-state index in [0.29, 0.717) is 12.0 Å². The number of carboxylic acids is 1. The highest BCUT2D eigenvalue weighted by atomic mass is 16.4. The molecule has 0 bridgehead atoms. The number of ketones is 1. The zero-order chi connectivity index (χ0) is 16.9. The van der Waals surface area contributed by atoms with E-state index in [2.05, 4.69) is 6.92 Å². The van der Waals surface area contributed by atoms with E-state index in [0.717, 1.165) is 12.8 Å². The molecule has 0 spiro atoms. The van der Waals surface area contributed by atoms with Crippen molar-refractivity contribution in [2.45, 2.75) is 71.1 Å². The number of unbranched alkanes of at least 4 members (excludes halogenated alkanes) is 7. The van der Waals surface area contributed by atoms with Crippen molar-refractivity contribution in [3.63, 3.8) is 0 Å². The molecule has 0 aliphatic heterocycles. The van der Waals surface area contributed by atoms with Crippen LogP contribution in [0.4, 0.5) is 0 Å². The predicted octanol–water partition coefficient (Wildman–Crippen LogP) is 5.49. The molecular weight excluding hydrogens is 288 g/mol. The van der Waals surface area contributed by atoms with Gasteiger partial charge in [0.15, 0.2) is 5.78 Å². The minimum Gasteiger partial charge on any atom is -0.481 e. The highest BCUT2D eigenvalue weighted by molar-refractivity contribution is 5.97. The second-order valence-corrected chi connectivity index (χ2v) is 6.29. The van der Waals surface area contributed by atoms with E-state index in [4.69, 9.17) is 0 Å². The first-order chi connectivity index (χ1) is 11.1. The van der Waals surface area contributed by atoms with Crippen molar-refractivity contribution < 1.29 is 14.7 Å². The lowest BCUT2D eigenvalue weighted by molar-refractivity contribution is -0.141. The van der Waals surface area contributed by atoms with Crippen LogP contribution in [0.3, 0.4) is 0 Å². The van der Waals surface area contributed by atoms with Crippen molar-refractivity contribution in [3.8, 4) is 0 Å². The number of carbonyl (C=O) groups is 2. The van der Waals surface area contributed by atoms with Gasteiger partial charge in [0.2, 0.25) is 0 Å². The maximum Gasteiger partial charge on any atom is 0.306 e. The van der Waals surface area contributed by atoms with Crippen molar-refractivity contribution in [3.05, 3.63) is 35.9 Å². The Morgan fingerprint density at radius 3 is 2.04 bits per heavy atom. The molecule has 0 aromatic heterocycles. The van der Waals surface area contributed by atoms with Crippen LogP contribution in [-0.4, -0.2) is 16.9 Å². The second-order valence-electron chi connectivity index (χ2n) is 6.29. The number of Topliss-reactive ketones (excluding diaryl/α,β-unsaturated/α-hetero) is 1. The SMILES string of the molecule is CCCCCCCCCCC(CC(=O)c1ccccc1)C(=O)O. The topological polar surface area (TPSA) is 54.4 Å². The molecule has 0 fully saturated rings. The van der Waals surface area contributed by atoms with Gasteiger partial charge in [-0.15, -0.1) is 0 Å². The first kappa shape index (κ1) is 19.4. The molecule has 1 aromatic carbocycles. The van der Waals surface area contributed by atoms with Crippen LogP contribution in [0.15, 0.2) is 30.3 Å². The molecule has 0 amide bonds. The van der Waals surface area contributed by atoms with Crippen molar-refractivity contribution in [2.75, 3.05) is 0 Å². The van der Waals surface area contributed by atoms with Crippen molar-refractivity contribution in [2.24, 2.45) is 5.92 Å². The Labute approximate surface area is 140 Å². The van der Waals surface area contributed by atoms with E-state index in [9.17, 15) is 14.7 Å². The Morgan fingerprint density at radius 1 is 0.913 bits per heavy atom. The number of hydrogen-bond donors (Lipinski definition) is 1. The largest absolute Gasteiger partial charge is 0.481 e. The van der Waals surface area contributed by atoms with Crippen LogP contribution in [0.2, 0.25) is 0 Å². The predicted molar refractivity (Wildman–Crippen MR) is 93.7 cm³/mol. The third kappa shape index (κ3) is 8.53. The first-order valence-electron chi connectivity index (χ1n) is 8.96. The lowest BCUT2D eigenvalue weighted by atomic mass is 9.93. The minimum absolute atomic E-state index is 0.0717. The minimum atomic E-state index is -0.850. The fraction of sp³-hybridized carbons (Fsp3) is 0.600. The van der Waals surface area contributed by atoms with Crippen LogP contribution in [0.5, 0.6) is 0 Å². The van der Waals surface area contributed by atoms with Gasteiger partial charge in [0.25, 0.3) is 0 Å². The van der Waals surface area contributed by atoms with Crippen molar-refractivity contribution >= 4 is 11.8 Å². The summed E-state index contributed by atoms with van der Waals surface area (Å²) in [6.45, 7) is 2.21. The molecule has 128 valence electrons. The lowest BCUT2D eigenvalue weighted by Crippen LogP contribution is -2.18. The van der Waals surface area contributed by atoms with E-state index in [1.807, 2.05) is 18.2 Å². The van der Waals surface area contributed by atoms with Crippen LogP contribution in [-0.2, 0) is 4.79 Å². The summed E-state index contributed by atoms with van der Waals surface area (Å²) in [6, 6.07) is 8.96. The highest BCUT2D eigenvalue weighted by Gasteiger charge is 2.21. The molecule has 1 rings (SSSR count). The molecule has 1 aromatic rings. The molecule has 0 saturated heterocycles. The van der Waals surface area contributed by atoms with Gasteiger partial charge in [0.1, 0.15) is 0 Å². The Morgan fingerprint density at radius 2 is 1.48 bits per heavy atom. The van der Waals surface area contributed by atoms with Gasteiger partial charge in [-0.3, -0.25) is 9.59 Å². The van der Waals surface area contributed by atoms with E-state index < -0.39 is 11.9 Å². The summed E-state index contributed by atoms with van der Waals surface area (Å²) >= 11 is 0. The van der Waals surface area contributed by atoms with E-state index in [1.165, 1.54) is 38.5 Å². The van der Waals surface area contributed by atoms with E-state index in [-0.39, 0.29) is 12.2 Å². The van der Waals surface area contributed by atoms with Crippen LogP contribution in [0.25, 0.3) is 0 Å². The number of hydrogen-bond acceptors (Lipinski definition) is 2. The van der Waals surface area contributed by atoms with Crippen LogP contribution >= 0.6 is 0 Å². The van der Waals surface area contributed by atoms with Gasteiger partial charge in [-0.05, 0) is 6.42 Å². The van der Waals surface area contributed by atoms with Crippen LogP contribution in [0.1, 0.15) is 81.5 Å². The van der Waals surface area contributed by atoms with Gasteiger partial charge in [0, 0.05) is 12.0 Å². The summed E-state index contributed by atoms with van der Waals surface area (Å²) in [5.41, 5.74) is 0.606. The number of carboxylic acid groups (broad SMARTS) is 1. The summed E-state index contributed by atoms with van der Waals surface area (Å²) in [5, 5.41) is 9.32. The highest BCUT2D eigenvalue weighted by Crippen LogP contribution is 2.18. The molecule has 0 aliphatic carbocycles. The van der Waals surface area contributed by atoms with Gasteiger partial charge in [-0.2, -0.15) is 0 Å². The Kier molecular flexibility index (Phi) is 10.0. The monoisotopic (exact) mass is 318 g/mol. The quantitative estimate of drug-likeness (QED) is 0.386. The number of benzene rings is 1. The standard InChI is InChI=1S/C20H30O3/c1-2-3-4-5-6-7-8-10-15-18(20(22)23)16-19(21)17-13-11-9-12-14-17/h9,11-14,18H,2-8,10,15-16H2,1H3,(H,22,23). The summed E-state index contributed by atoms with van der Waals surface area (Å²) in [4.78, 5) is 23.5. The smallest absolute Gasteiger partial charge is 0.306 e. The maximum atomic E-state index is 12.1. The molecule has 0 radical (unpaired) electrons. The third-order valence-electron chi connectivity index (χ3n) is 4.28.